The summed E-state index contributed by atoms with van der Waals surface area (Å²) in [7, 11) is -3.99. The summed E-state index contributed by atoms with van der Waals surface area (Å²) in [4.78, 5) is 13.8. The van der Waals surface area contributed by atoms with E-state index in [0.29, 0.717) is 17.1 Å². The number of nitrogens with zero attached hydrogens (tertiary/aromatic N) is 1. The van der Waals surface area contributed by atoms with Gasteiger partial charge in [0.15, 0.2) is 6.10 Å². The lowest BCUT2D eigenvalue weighted by atomic mass is 9.83. The zero-order valence-electron chi connectivity index (χ0n) is 21.6. The van der Waals surface area contributed by atoms with Gasteiger partial charge in [0.25, 0.3) is 15.9 Å². The molecule has 0 spiro atoms. The van der Waals surface area contributed by atoms with Gasteiger partial charge in [-0.15, -0.1) is 0 Å². The summed E-state index contributed by atoms with van der Waals surface area (Å²) in [5.41, 5.74) is 1.74. The Morgan fingerprint density at radius 2 is 1.76 bits per heavy atom. The summed E-state index contributed by atoms with van der Waals surface area (Å²) in [6.45, 7) is 5.86. The lowest BCUT2D eigenvalue weighted by molar-refractivity contribution is -0.129. The topological polar surface area (TPSA) is 84.9 Å². The van der Waals surface area contributed by atoms with Crippen LogP contribution in [0.1, 0.15) is 50.3 Å². The van der Waals surface area contributed by atoms with Gasteiger partial charge < -0.3 is 14.8 Å². The summed E-state index contributed by atoms with van der Waals surface area (Å²) in [5, 5.41) is 3.51. The molecule has 1 amide bonds. The summed E-state index contributed by atoms with van der Waals surface area (Å²) in [6, 6.07) is 18.8. The Morgan fingerprint density at radius 1 is 1.05 bits per heavy atom. The first-order valence-corrected chi connectivity index (χ1v) is 14.6. The fraction of sp³-hybridized carbons (Fsp3) is 0.345. The van der Waals surface area contributed by atoms with Gasteiger partial charge in [-0.25, -0.2) is 8.42 Å². The van der Waals surface area contributed by atoms with E-state index in [9.17, 15) is 13.2 Å². The van der Waals surface area contributed by atoms with E-state index in [1.54, 1.807) is 42.5 Å². The maximum Gasteiger partial charge on any atom is 0.264 e. The van der Waals surface area contributed by atoms with E-state index < -0.39 is 27.6 Å². The van der Waals surface area contributed by atoms with Gasteiger partial charge >= 0.3 is 0 Å². The third-order valence-corrected chi connectivity index (χ3v) is 9.52. The Bertz CT molecular complexity index is 1450. The highest BCUT2D eigenvalue weighted by Gasteiger charge is 2.42. The third-order valence-electron chi connectivity index (χ3n) is 7.49. The van der Waals surface area contributed by atoms with Crippen molar-refractivity contribution >= 4 is 33.2 Å². The van der Waals surface area contributed by atoms with Gasteiger partial charge in [0.1, 0.15) is 17.1 Å². The lowest BCUT2D eigenvalue weighted by Crippen LogP contribution is -2.52. The molecule has 0 saturated carbocycles. The van der Waals surface area contributed by atoms with Crippen LogP contribution >= 0.6 is 11.6 Å². The Balaban J connectivity index is 1.47. The van der Waals surface area contributed by atoms with Gasteiger partial charge in [0.2, 0.25) is 0 Å². The second kappa shape index (κ2) is 10.2. The number of anilines is 1. The summed E-state index contributed by atoms with van der Waals surface area (Å²) in [6.07, 6.45) is 1.13. The van der Waals surface area contributed by atoms with E-state index in [0.717, 1.165) is 29.7 Å². The van der Waals surface area contributed by atoms with Gasteiger partial charge in [-0.2, -0.15) is 0 Å². The quantitative estimate of drug-likeness (QED) is 0.416. The van der Waals surface area contributed by atoms with Crippen molar-refractivity contribution in [2.75, 3.05) is 10.8 Å². The number of ether oxygens (including phenoxy) is 2. The highest BCUT2D eigenvalue weighted by molar-refractivity contribution is 7.92. The SMILES string of the molecule is CCC1(CC)C[C@H](NC(=O)[C@H]2CN(S(=O)(=O)c3ccc(C)cc3)c3cc(Cl)ccc3O2)c2ccccc2O1. The number of halogens is 1. The van der Waals surface area contributed by atoms with E-state index in [-0.39, 0.29) is 23.2 Å². The number of fused-ring (bicyclic) bond motifs is 2. The first-order valence-electron chi connectivity index (χ1n) is 12.8. The number of sulfonamides is 1. The fourth-order valence-electron chi connectivity index (χ4n) is 5.12. The van der Waals surface area contributed by atoms with Crippen LogP contribution in [0.3, 0.4) is 0 Å². The number of hydrogen-bond acceptors (Lipinski definition) is 5. The van der Waals surface area contributed by atoms with Crippen molar-refractivity contribution < 1.29 is 22.7 Å². The van der Waals surface area contributed by atoms with Crippen LogP contribution in [-0.4, -0.2) is 32.6 Å². The normalized spacial score (nSPS) is 19.9. The molecule has 9 heteroatoms. The molecule has 1 N–H and O–H groups in total. The van der Waals surface area contributed by atoms with Crippen molar-refractivity contribution in [3.8, 4) is 11.5 Å². The number of hydrogen-bond donors (Lipinski definition) is 1. The number of benzene rings is 3. The number of aryl methyl sites for hydroxylation is 1. The minimum Gasteiger partial charge on any atom is -0.487 e. The standard InChI is InChI=1S/C29H31ClN2O5S/c1-4-29(5-2)17-23(22-8-6-7-9-25(22)37-29)31-28(33)27-18-32(24-16-20(30)12-15-26(24)36-27)38(34,35)21-13-10-19(3)11-14-21/h6-16,23,27H,4-5,17-18H2,1-3H3,(H,31,33)/t23-,27+/m0/s1. The molecule has 200 valence electrons. The molecule has 2 aliphatic heterocycles. The molecule has 0 aliphatic carbocycles. The molecule has 2 aliphatic rings. The van der Waals surface area contributed by atoms with Crippen LogP contribution < -0.4 is 19.1 Å². The number of amides is 1. The second-order valence-electron chi connectivity index (χ2n) is 9.86. The summed E-state index contributed by atoms with van der Waals surface area (Å²) >= 11 is 6.22. The smallest absolute Gasteiger partial charge is 0.264 e. The summed E-state index contributed by atoms with van der Waals surface area (Å²) in [5.74, 6) is 0.638. The van der Waals surface area contributed by atoms with Gasteiger partial charge in [-0.3, -0.25) is 9.10 Å². The van der Waals surface area contributed by atoms with Crippen LogP contribution in [0.25, 0.3) is 0 Å². The Hall–Kier alpha value is -3.23. The Labute approximate surface area is 228 Å². The zero-order valence-corrected chi connectivity index (χ0v) is 23.2. The molecule has 2 heterocycles. The average molecular weight is 555 g/mol. The molecular formula is C29H31ClN2O5S. The first kappa shape index (κ1) is 26.4. The molecule has 0 saturated heterocycles. The first-order chi connectivity index (χ1) is 18.2. The highest BCUT2D eigenvalue weighted by atomic mass is 35.5. The molecule has 7 nitrogen and oxygen atoms in total. The molecule has 3 aromatic carbocycles. The molecule has 0 fully saturated rings. The number of para-hydroxylation sites is 1. The van der Waals surface area contributed by atoms with Gasteiger partial charge in [-0.1, -0.05) is 61.3 Å². The summed E-state index contributed by atoms with van der Waals surface area (Å²) < 4.78 is 41.1. The number of rotatable bonds is 6. The van der Waals surface area contributed by atoms with Crippen molar-refractivity contribution in [2.45, 2.75) is 62.7 Å². The van der Waals surface area contributed by atoms with Crippen LogP contribution in [0, 0.1) is 6.92 Å². The van der Waals surface area contributed by atoms with Crippen LogP contribution in [0.4, 0.5) is 5.69 Å². The molecule has 2 atom stereocenters. The van der Waals surface area contributed by atoms with E-state index in [4.69, 9.17) is 21.1 Å². The molecule has 3 aromatic rings. The third kappa shape index (κ3) is 4.83. The monoisotopic (exact) mass is 554 g/mol. The maximum atomic E-state index is 13.7. The Kier molecular flexibility index (Phi) is 7.05. The van der Waals surface area contributed by atoms with Gasteiger partial charge in [0.05, 0.1) is 23.2 Å². The molecule has 0 radical (unpaired) electrons. The van der Waals surface area contributed by atoms with Gasteiger partial charge in [-0.05, 0) is 56.2 Å². The number of carbonyl (C=O) groups is 1. The Morgan fingerprint density at radius 3 is 2.47 bits per heavy atom. The van der Waals surface area contributed by atoms with Crippen molar-refractivity contribution in [1.82, 2.24) is 5.32 Å². The minimum absolute atomic E-state index is 0.129. The van der Waals surface area contributed by atoms with Crippen LogP contribution in [-0.2, 0) is 14.8 Å². The van der Waals surface area contributed by atoms with E-state index >= 15 is 0 Å². The maximum absolute atomic E-state index is 13.7. The van der Waals surface area contributed by atoms with Crippen LogP contribution in [0.15, 0.2) is 71.6 Å². The molecule has 38 heavy (non-hydrogen) atoms. The second-order valence-corrected chi connectivity index (χ2v) is 12.2. The van der Waals surface area contributed by atoms with Crippen molar-refractivity contribution in [1.29, 1.82) is 0 Å². The predicted octanol–water partition coefficient (Wildman–Crippen LogP) is 5.80. The molecule has 0 bridgehead atoms. The zero-order chi connectivity index (χ0) is 27.1. The van der Waals surface area contributed by atoms with E-state index in [1.165, 1.54) is 4.31 Å². The van der Waals surface area contributed by atoms with Crippen molar-refractivity contribution in [3.63, 3.8) is 0 Å². The molecule has 0 unspecified atom stereocenters. The van der Waals surface area contributed by atoms with E-state index in [2.05, 4.69) is 19.2 Å². The molecular weight excluding hydrogens is 524 g/mol. The largest absolute Gasteiger partial charge is 0.487 e. The predicted molar refractivity (Wildman–Crippen MR) is 147 cm³/mol. The number of nitrogens with one attached hydrogen (secondary N) is 1. The average Bonchev–Trinajstić information content (AvgIpc) is 2.92. The van der Waals surface area contributed by atoms with Crippen molar-refractivity contribution in [3.05, 3.63) is 82.9 Å². The van der Waals surface area contributed by atoms with Crippen LogP contribution in [0.2, 0.25) is 5.02 Å². The fourth-order valence-corrected chi connectivity index (χ4v) is 6.75. The lowest BCUT2D eigenvalue weighted by Gasteiger charge is -2.42. The number of carbonyl (C=O) groups excluding carboxylic acids is 1. The van der Waals surface area contributed by atoms with Gasteiger partial charge in [0, 0.05) is 17.0 Å². The van der Waals surface area contributed by atoms with Crippen molar-refractivity contribution in [2.24, 2.45) is 0 Å². The highest BCUT2D eigenvalue weighted by Crippen LogP contribution is 2.43. The molecule has 5 rings (SSSR count). The minimum atomic E-state index is -3.99. The van der Waals surface area contributed by atoms with Crippen LogP contribution in [0.5, 0.6) is 11.5 Å². The molecule has 0 aromatic heterocycles. The van der Waals surface area contributed by atoms with E-state index in [1.807, 2.05) is 31.2 Å².